The molecule has 1 atom stereocenters. The van der Waals surface area contributed by atoms with Crippen molar-refractivity contribution >= 4 is 29.3 Å². The summed E-state index contributed by atoms with van der Waals surface area (Å²) in [7, 11) is 3.05. The molecule has 0 aliphatic rings. The molecule has 0 rings (SSSR count). The van der Waals surface area contributed by atoms with Crippen LogP contribution in [0.1, 0.15) is 71.1 Å². The van der Waals surface area contributed by atoms with Gasteiger partial charge in [0.25, 0.3) is 0 Å². The number of carbonyl (C=O) groups excluding carboxylic acids is 5. The summed E-state index contributed by atoms with van der Waals surface area (Å²) in [5, 5.41) is 5.14. The molecular formula is C21H38N4O5. The first-order chi connectivity index (χ1) is 14.2. The predicted octanol–water partition coefficient (Wildman–Crippen LogP) is 0.693. The van der Waals surface area contributed by atoms with Crippen LogP contribution in [0.25, 0.3) is 0 Å². The van der Waals surface area contributed by atoms with E-state index in [4.69, 9.17) is 5.73 Å². The van der Waals surface area contributed by atoms with Gasteiger partial charge in [0.15, 0.2) is 0 Å². The molecule has 0 aromatic rings. The molecule has 0 aliphatic carbocycles. The van der Waals surface area contributed by atoms with Crippen LogP contribution in [0.4, 0.5) is 0 Å². The number of hydrogen-bond acceptors (Lipinski definition) is 6. The summed E-state index contributed by atoms with van der Waals surface area (Å²) in [5.41, 5.74) is 5.07. The lowest BCUT2D eigenvalue weighted by Gasteiger charge is -2.29. The first-order valence-electron chi connectivity index (χ1n) is 10.7. The Morgan fingerprint density at radius 1 is 0.800 bits per heavy atom. The summed E-state index contributed by atoms with van der Waals surface area (Å²) in [4.78, 5) is 60.3. The molecular weight excluding hydrogens is 388 g/mol. The molecule has 0 unspecified atom stereocenters. The first-order valence-corrected chi connectivity index (χ1v) is 10.7. The molecule has 0 saturated heterocycles. The summed E-state index contributed by atoms with van der Waals surface area (Å²) in [6.45, 7) is 1.77. The van der Waals surface area contributed by atoms with E-state index in [1.807, 2.05) is 0 Å². The third kappa shape index (κ3) is 13.0. The lowest BCUT2D eigenvalue weighted by Crippen LogP contribution is -2.51. The van der Waals surface area contributed by atoms with Gasteiger partial charge < -0.3 is 16.4 Å². The second-order valence-electron chi connectivity index (χ2n) is 7.41. The molecule has 4 N–H and O–H groups in total. The number of Topliss-reactive ketones (excluding diaryl/α,β-unsaturated/α-hetero) is 2. The van der Waals surface area contributed by atoms with E-state index >= 15 is 0 Å². The van der Waals surface area contributed by atoms with Crippen molar-refractivity contribution in [2.24, 2.45) is 5.73 Å². The van der Waals surface area contributed by atoms with Gasteiger partial charge in [0, 0.05) is 39.8 Å². The number of likely N-dealkylation sites (N-methyl/N-ethyl adjacent to an activating group) is 2. The Balaban J connectivity index is 4.54. The zero-order valence-corrected chi connectivity index (χ0v) is 18.6. The van der Waals surface area contributed by atoms with E-state index < -0.39 is 6.04 Å². The third-order valence-corrected chi connectivity index (χ3v) is 4.95. The van der Waals surface area contributed by atoms with Gasteiger partial charge in [0.05, 0.1) is 19.1 Å². The van der Waals surface area contributed by atoms with Crippen LogP contribution >= 0.6 is 0 Å². The van der Waals surface area contributed by atoms with Crippen LogP contribution in [0, 0.1) is 0 Å². The van der Waals surface area contributed by atoms with E-state index in [9.17, 15) is 24.0 Å². The summed E-state index contributed by atoms with van der Waals surface area (Å²) in [6, 6.07) is -0.577. The molecule has 0 aromatic heterocycles. The SMILES string of the molecule is CCC(=O)CN(CC(=O)NC)[C@H](CCCCCC(=O)CCCCC(N)=O)C(=O)NC. The molecule has 0 aliphatic heterocycles. The number of nitrogens with zero attached hydrogens (tertiary/aromatic N) is 1. The standard InChI is InChI=1S/C21H38N4O5/c1-4-16(26)14-25(15-20(29)23-2)18(21(30)24-3)12-7-5-6-10-17(27)11-8-9-13-19(22)28/h18H,4-15H2,1-3H3,(H2,22,28)(H,23,29)(H,24,30)/t18-/m1/s1. The Morgan fingerprint density at radius 3 is 1.93 bits per heavy atom. The Kier molecular flexibility index (Phi) is 15.2. The Hall–Kier alpha value is -2.29. The van der Waals surface area contributed by atoms with Crippen molar-refractivity contribution in [3.05, 3.63) is 0 Å². The van der Waals surface area contributed by atoms with E-state index in [0.717, 1.165) is 12.8 Å². The molecule has 0 heterocycles. The number of nitrogens with one attached hydrogen (secondary N) is 2. The second-order valence-corrected chi connectivity index (χ2v) is 7.41. The number of primary amides is 1. The Bertz CT molecular complexity index is 562. The van der Waals surface area contributed by atoms with Gasteiger partial charge in [-0.1, -0.05) is 19.8 Å². The van der Waals surface area contributed by atoms with Crippen LogP contribution in [0.3, 0.4) is 0 Å². The Morgan fingerprint density at radius 2 is 1.40 bits per heavy atom. The number of hydrogen-bond donors (Lipinski definition) is 3. The molecule has 30 heavy (non-hydrogen) atoms. The average molecular weight is 427 g/mol. The highest BCUT2D eigenvalue weighted by Crippen LogP contribution is 2.13. The van der Waals surface area contributed by atoms with Crippen LogP contribution in [0.2, 0.25) is 0 Å². The zero-order valence-electron chi connectivity index (χ0n) is 18.6. The van der Waals surface area contributed by atoms with Crippen molar-refractivity contribution in [3.63, 3.8) is 0 Å². The molecule has 0 saturated carbocycles. The first kappa shape index (κ1) is 27.7. The number of unbranched alkanes of at least 4 members (excludes halogenated alkanes) is 3. The number of amides is 3. The van der Waals surface area contributed by atoms with Crippen LogP contribution in [0.15, 0.2) is 0 Å². The monoisotopic (exact) mass is 426 g/mol. The van der Waals surface area contributed by atoms with Crippen molar-refractivity contribution in [2.75, 3.05) is 27.2 Å². The van der Waals surface area contributed by atoms with E-state index in [0.29, 0.717) is 51.4 Å². The number of nitrogens with two attached hydrogens (primary N) is 1. The number of ketones is 2. The van der Waals surface area contributed by atoms with Gasteiger partial charge in [-0.15, -0.1) is 0 Å². The quantitative estimate of drug-likeness (QED) is 0.276. The van der Waals surface area contributed by atoms with Crippen LogP contribution in [0.5, 0.6) is 0 Å². The van der Waals surface area contributed by atoms with Crippen molar-refractivity contribution < 1.29 is 24.0 Å². The van der Waals surface area contributed by atoms with E-state index in [1.54, 1.807) is 11.8 Å². The molecule has 0 bridgehead atoms. The molecule has 0 radical (unpaired) electrons. The predicted molar refractivity (Wildman–Crippen MR) is 115 cm³/mol. The number of carbonyl (C=O) groups is 5. The molecule has 9 nitrogen and oxygen atoms in total. The van der Waals surface area contributed by atoms with E-state index in [-0.39, 0.29) is 42.4 Å². The fourth-order valence-corrected chi connectivity index (χ4v) is 3.11. The molecule has 0 spiro atoms. The maximum absolute atomic E-state index is 12.4. The lowest BCUT2D eigenvalue weighted by atomic mass is 10.0. The van der Waals surface area contributed by atoms with E-state index in [1.165, 1.54) is 14.1 Å². The molecule has 3 amide bonds. The summed E-state index contributed by atoms with van der Waals surface area (Å²) >= 11 is 0. The smallest absolute Gasteiger partial charge is 0.237 e. The molecule has 0 aromatic carbocycles. The molecule has 172 valence electrons. The normalized spacial score (nSPS) is 11.7. The topological polar surface area (TPSA) is 139 Å². The highest BCUT2D eigenvalue weighted by Gasteiger charge is 2.27. The van der Waals surface area contributed by atoms with Crippen molar-refractivity contribution in [1.29, 1.82) is 0 Å². The lowest BCUT2D eigenvalue weighted by molar-refractivity contribution is -0.131. The van der Waals surface area contributed by atoms with Gasteiger partial charge in [-0.25, -0.2) is 0 Å². The zero-order chi connectivity index (χ0) is 22.9. The van der Waals surface area contributed by atoms with Crippen LogP contribution in [-0.4, -0.2) is 67.4 Å². The van der Waals surface area contributed by atoms with Gasteiger partial charge in [-0.05, 0) is 25.7 Å². The van der Waals surface area contributed by atoms with Gasteiger partial charge in [0.1, 0.15) is 11.6 Å². The minimum Gasteiger partial charge on any atom is -0.370 e. The summed E-state index contributed by atoms with van der Waals surface area (Å²) in [5.74, 6) is -0.700. The minimum absolute atomic E-state index is 0.0237. The largest absolute Gasteiger partial charge is 0.370 e. The van der Waals surface area contributed by atoms with Gasteiger partial charge >= 0.3 is 0 Å². The molecule has 0 fully saturated rings. The summed E-state index contributed by atoms with van der Waals surface area (Å²) in [6.07, 6.45) is 5.57. The van der Waals surface area contributed by atoms with E-state index in [2.05, 4.69) is 10.6 Å². The average Bonchev–Trinajstić information content (AvgIpc) is 2.72. The van der Waals surface area contributed by atoms with Crippen molar-refractivity contribution in [1.82, 2.24) is 15.5 Å². The van der Waals surface area contributed by atoms with Crippen molar-refractivity contribution in [2.45, 2.75) is 77.2 Å². The minimum atomic E-state index is -0.577. The third-order valence-electron chi connectivity index (χ3n) is 4.95. The van der Waals surface area contributed by atoms with Gasteiger partial charge in [-0.3, -0.25) is 28.9 Å². The maximum atomic E-state index is 12.4. The van der Waals surface area contributed by atoms with Gasteiger partial charge in [-0.2, -0.15) is 0 Å². The highest BCUT2D eigenvalue weighted by molar-refractivity contribution is 5.86. The fraction of sp³-hybridized carbons (Fsp3) is 0.762. The van der Waals surface area contributed by atoms with Gasteiger partial charge in [0.2, 0.25) is 17.7 Å². The van der Waals surface area contributed by atoms with Crippen molar-refractivity contribution in [3.8, 4) is 0 Å². The fourth-order valence-electron chi connectivity index (χ4n) is 3.11. The second kappa shape index (κ2) is 16.5. The maximum Gasteiger partial charge on any atom is 0.237 e. The van der Waals surface area contributed by atoms with Crippen LogP contribution in [-0.2, 0) is 24.0 Å². The molecule has 9 heteroatoms. The number of rotatable bonds is 18. The Labute approximate surface area is 179 Å². The van der Waals surface area contributed by atoms with Crippen LogP contribution < -0.4 is 16.4 Å². The summed E-state index contributed by atoms with van der Waals surface area (Å²) < 4.78 is 0. The highest BCUT2D eigenvalue weighted by atomic mass is 16.2.